The number of nitrogens with zero attached hydrogens (tertiary/aromatic N) is 4. The van der Waals surface area contributed by atoms with Crippen LogP contribution in [0.1, 0.15) is 11.1 Å². The molecule has 0 aromatic carbocycles. The van der Waals surface area contributed by atoms with E-state index in [4.69, 9.17) is 0 Å². The molecule has 5 nitrogen and oxygen atoms in total. The van der Waals surface area contributed by atoms with Gasteiger partial charge in [0.25, 0.3) is 0 Å². The Hall–Kier alpha value is -1.76. The summed E-state index contributed by atoms with van der Waals surface area (Å²) in [6.45, 7) is 0.0205. The average Bonchev–Trinajstić information content (AvgIpc) is 2.75. The Balaban J connectivity index is 2.41. The van der Waals surface area contributed by atoms with E-state index in [2.05, 4.69) is 4.98 Å². The Morgan fingerprint density at radius 3 is 2.94 bits per heavy atom. The molecule has 0 amide bonds. The number of hydrogen-bond donors (Lipinski definition) is 0. The number of halogens is 2. The van der Waals surface area contributed by atoms with Gasteiger partial charge in [-0.1, -0.05) is 9.39 Å². The van der Waals surface area contributed by atoms with Crippen LogP contribution in [0.25, 0.3) is 5.65 Å². The van der Waals surface area contributed by atoms with Crippen molar-refractivity contribution < 1.29 is 8.96 Å². The predicted molar refractivity (Wildman–Crippen MR) is 51.2 cm³/mol. The Labute approximate surface area is 88.4 Å². The van der Waals surface area contributed by atoms with Gasteiger partial charge in [0.05, 0.1) is 12.7 Å². The second-order valence-corrected chi connectivity index (χ2v) is 3.71. The van der Waals surface area contributed by atoms with Gasteiger partial charge in [-0.3, -0.25) is 4.79 Å². The van der Waals surface area contributed by atoms with Crippen molar-refractivity contribution >= 4 is 5.65 Å². The summed E-state index contributed by atoms with van der Waals surface area (Å²) in [6.07, 6.45) is 3.13. The summed E-state index contributed by atoms with van der Waals surface area (Å²) < 4.78 is 27.6. The third-order valence-electron chi connectivity index (χ3n) is 2.80. The number of hydrogen-bond acceptors (Lipinski definition) is 3. The van der Waals surface area contributed by atoms with Crippen LogP contribution in [0.5, 0.6) is 0 Å². The van der Waals surface area contributed by atoms with Crippen molar-refractivity contribution in [3.05, 3.63) is 33.9 Å². The molecule has 0 saturated carbocycles. The Morgan fingerprint density at radius 2 is 2.12 bits per heavy atom. The molecule has 7 heteroatoms. The molecule has 0 spiro atoms. The van der Waals surface area contributed by atoms with Gasteiger partial charge >= 0.3 is 5.56 Å². The number of aromatic nitrogens is 3. The smallest absolute Gasteiger partial charge is 0.265 e. The van der Waals surface area contributed by atoms with Gasteiger partial charge in [0.15, 0.2) is 5.65 Å². The molecule has 0 bridgehead atoms. The molecule has 1 aliphatic heterocycles. The highest BCUT2D eigenvalue weighted by Crippen LogP contribution is 2.19. The number of rotatable bonds is 0. The summed E-state index contributed by atoms with van der Waals surface area (Å²) in [7, 11) is 0. The number of fused-ring (bicyclic) bond motifs is 3. The van der Waals surface area contributed by atoms with E-state index in [-0.39, 0.29) is 23.6 Å². The van der Waals surface area contributed by atoms with Crippen LogP contribution in [0.15, 0.2) is 17.2 Å². The van der Waals surface area contributed by atoms with Crippen LogP contribution in [-0.4, -0.2) is 26.1 Å². The predicted octanol–water partition coefficient (Wildman–Crippen LogP) is 0.471. The van der Waals surface area contributed by atoms with Crippen molar-refractivity contribution in [2.75, 3.05) is 6.54 Å². The average molecular weight is 226 g/mol. The standard InChI is InChI=1S/C9H8F2N4O/c10-13-3-1-6-7(5-13)9(16)15(11)14-4-2-12-8(6)14/h2,4H,1,3,5H2. The molecule has 3 rings (SSSR count). The van der Waals surface area contributed by atoms with E-state index in [0.717, 1.165) is 4.52 Å². The summed E-state index contributed by atoms with van der Waals surface area (Å²) in [5, 5.41) is 0.503. The molecular weight excluding hydrogens is 218 g/mol. The summed E-state index contributed by atoms with van der Waals surface area (Å²) in [5.74, 6) is 0. The first-order valence-corrected chi connectivity index (χ1v) is 4.85. The quantitative estimate of drug-likeness (QED) is 0.613. The highest BCUT2D eigenvalue weighted by Gasteiger charge is 2.24. The van der Waals surface area contributed by atoms with E-state index in [9.17, 15) is 13.8 Å². The van der Waals surface area contributed by atoms with Gasteiger partial charge in [0.2, 0.25) is 0 Å². The lowest BCUT2D eigenvalue weighted by Crippen LogP contribution is -2.34. The Morgan fingerprint density at radius 1 is 1.31 bits per heavy atom. The number of imidazole rings is 1. The van der Waals surface area contributed by atoms with Crippen molar-refractivity contribution in [3.8, 4) is 0 Å². The van der Waals surface area contributed by atoms with Crippen molar-refractivity contribution in [1.29, 1.82) is 0 Å². The van der Waals surface area contributed by atoms with E-state index in [0.29, 0.717) is 22.8 Å². The Kier molecular flexibility index (Phi) is 1.84. The van der Waals surface area contributed by atoms with E-state index in [1.54, 1.807) is 0 Å². The first-order chi connectivity index (χ1) is 7.68. The molecule has 16 heavy (non-hydrogen) atoms. The topological polar surface area (TPSA) is 42.5 Å². The van der Waals surface area contributed by atoms with E-state index < -0.39 is 5.56 Å². The molecule has 0 saturated heterocycles. The minimum atomic E-state index is -0.817. The first kappa shape index (κ1) is 9.46. The van der Waals surface area contributed by atoms with Crippen LogP contribution in [-0.2, 0) is 13.0 Å². The molecule has 0 fully saturated rings. The first-order valence-electron chi connectivity index (χ1n) is 4.85. The zero-order chi connectivity index (χ0) is 11.3. The van der Waals surface area contributed by atoms with Gasteiger partial charge < -0.3 is 0 Å². The minimum Gasteiger partial charge on any atom is -0.265 e. The highest BCUT2D eigenvalue weighted by atomic mass is 19.2. The minimum absolute atomic E-state index is 0.0413. The summed E-state index contributed by atoms with van der Waals surface area (Å²) >= 11 is 0. The largest absolute Gasteiger partial charge is 0.300 e. The van der Waals surface area contributed by atoms with E-state index in [1.165, 1.54) is 12.4 Å². The fraction of sp³-hybridized carbons (Fsp3) is 0.333. The van der Waals surface area contributed by atoms with Crippen LogP contribution >= 0.6 is 0 Å². The highest BCUT2D eigenvalue weighted by molar-refractivity contribution is 5.51. The maximum atomic E-state index is 13.5. The van der Waals surface area contributed by atoms with Crippen LogP contribution in [0.3, 0.4) is 0 Å². The molecule has 3 heterocycles. The van der Waals surface area contributed by atoms with Gasteiger partial charge in [0.1, 0.15) is 0 Å². The second-order valence-electron chi connectivity index (χ2n) is 3.71. The lowest BCUT2D eigenvalue weighted by Gasteiger charge is -2.20. The molecule has 2 aromatic rings. The lowest BCUT2D eigenvalue weighted by molar-refractivity contribution is 0.00909. The molecule has 0 unspecified atom stereocenters. The molecule has 0 radical (unpaired) electrons. The lowest BCUT2D eigenvalue weighted by atomic mass is 10.0. The van der Waals surface area contributed by atoms with Crippen LogP contribution in [0, 0.1) is 0 Å². The SMILES string of the molecule is O=c1c2c(c3nccn3n1F)CCN(F)C2. The van der Waals surface area contributed by atoms with Crippen molar-refractivity contribution in [2.45, 2.75) is 13.0 Å². The summed E-state index contributed by atoms with van der Waals surface area (Å²) in [4.78, 5) is 15.6. The van der Waals surface area contributed by atoms with Gasteiger partial charge in [-0.2, -0.15) is 0 Å². The van der Waals surface area contributed by atoms with E-state index >= 15 is 0 Å². The molecule has 0 aliphatic carbocycles. The van der Waals surface area contributed by atoms with Crippen LogP contribution in [0.4, 0.5) is 8.96 Å². The summed E-state index contributed by atoms with van der Waals surface area (Å²) in [5.41, 5.74) is 0.348. The molecular formula is C9H8F2N4O. The maximum Gasteiger partial charge on any atom is 0.300 e. The van der Waals surface area contributed by atoms with Gasteiger partial charge in [-0.15, -0.1) is 9.60 Å². The fourth-order valence-electron chi connectivity index (χ4n) is 2.04. The second kappa shape index (κ2) is 3.11. The van der Waals surface area contributed by atoms with Crippen molar-refractivity contribution in [1.82, 2.24) is 19.5 Å². The van der Waals surface area contributed by atoms with Crippen LogP contribution < -0.4 is 5.56 Å². The molecule has 0 atom stereocenters. The molecule has 1 aliphatic rings. The van der Waals surface area contributed by atoms with Gasteiger partial charge in [-0.05, 0) is 6.42 Å². The normalized spacial score (nSPS) is 16.6. The molecule has 2 aromatic heterocycles. The molecule has 0 N–H and O–H groups in total. The van der Waals surface area contributed by atoms with Gasteiger partial charge in [0, 0.05) is 23.9 Å². The Bertz CT molecular complexity index is 618. The zero-order valence-corrected chi connectivity index (χ0v) is 8.23. The third kappa shape index (κ3) is 1.12. The van der Waals surface area contributed by atoms with Crippen molar-refractivity contribution in [3.63, 3.8) is 0 Å². The fourth-order valence-corrected chi connectivity index (χ4v) is 2.04. The van der Waals surface area contributed by atoms with E-state index in [1.807, 2.05) is 0 Å². The van der Waals surface area contributed by atoms with Crippen molar-refractivity contribution in [2.24, 2.45) is 0 Å². The van der Waals surface area contributed by atoms with Gasteiger partial charge in [-0.25, -0.2) is 9.50 Å². The third-order valence-corrected chi connectivity index (χ3v) is 2.80. The molecule has 84 valence electrons. The summed E-state index contributed by atoms with van der Waals surface area (Å²) in [6, 6.07) is 0. The maximum absolute atomic E-state index is 13.5. The monoisotopic (exact) mass is 226 g/mol. The van der Waals surface area contributed by atoms with Crippen LogP contribution in [0.2, 0.25) is 0 Å². The zero-order valence-electron chi connectivity index (χ0n) is 8.23.